The van der Waals surface area contributed by atoms with Gasteiger partial charge in [-0.05, 0) is 12.5 Å². The molecular weight excluding hydrogens is 280 g/mol. The first-order valence-corrected chi connectivity index (χ1v) is 8.00. The average Bonchev–Trinajstić information content (AvgIpc) is 2.69. The number of hydrogen-bond acceptors (Lipinski definition) is 4. The van der Waals surface area contributed by atoms with Crippen LogP contribution < -0.4 is 11.1 Å². The fourth-order valence-electron chi connectivity index (χ4n) is 2.25. The molecule has 3 N–H and O–H groups in total. The lowest BCUT2D eigenvalue weighted by Crippen LogP contribution is -2.58. The average molecular weight is 300 g/mol. The SMILES string of the molecule is CCCN(C1CNC1)S(=O)(=O)c1cc(C(N)=O)n(C)c1. The number of amides is 1. The summed E-state index contributed by atoms with van der Waals surface area (Å²) in [7, 11) is -1.99. The van der Waals surface area contributed by atoms with Crippen molar-refractivity contribution >= 4 is 15.9 Å². The van der Waals surface area contributed by atoms with E-state index in [2.05, 4.69) is 5.32 Å². The van der Waals surface area contributed by atoms with Crippen LogP contribution in [0.25, 0.3) is 0 Å². The maximum absolute atomic E-state index is 12.7. The van der Waals surface area contributed by atoms with E-state index in [1.54, 1.807) is 7.05 Å². The molecule has 0 atom stereocenters. The van der Waals surface area contributed by atoms with Crippen LogP contribution in [0.3, 0.4) is 0 Å². The zero-order chi connectivity index (χ0) is 14.9. The molecule has 1 saturated heterocycles. The minimum atomic E-state index is -3.59. The number of hydrogen-bond donors (Lipinski definition) is 2. The van der Waals surface area contributed by atoms with Gasteiger partial charge in [-0.2, -0.15) is 4.31 Å². The Balaban J connectivity index is 2.36. The van der Waals surface area contributed by atoms with Gasteiger partial charge in [-0.25, -0.2) is 8.42 Å². The Morgan fingerprint density at radius 2 is 2.20 bits per heavy atom. The Bertz CT molecular complexity index is 604. The maximum atomic E-state index is 12.7. The summed E-state index contributed by atoms with van der Waals surface area (Å²) in [5.41, 5.74) is 5.41. The highest BCUT2D eigenvalue weighted by Gasteiger charge is 2.35. The molecule has 0 aromatic carbocycles. The van der Waals surface area contributed by atoms with Crippen molar-refractivity contribution in [3.05, 3.63) is 18.0 Å². The Hall–Kier alpha value is -1.38. The molecule has 0 aliphatic carbocycles. The Labute approximate surface area is 118 Å². The molecule has 1 aliphatic heterocycles. The van der Waals surface area contributed by atoms with Gasteiger partial charge < -0.3 is 15.6 Å². The van der Waals surface area contributed by atoms with Crippen LogP contribution in [0.15, 0.2) is 17.2 Å². The molecule has 0 spiro atoms. The number of nitrogens with two attached hydrogens (primary N) is 1. The normalized spacial score (nSPS) is 16.4. The van der Waals surface area contributed by atoms with Gasteiger partial charge in [0.15, 0.2) is 0 Å². The quantitative estimate of drug-likeness (QED) is 0.740. The van der Waals surface area contributed by atoms with E-state index in [1.807, 2.05) is 6.92 Å². The van der Waals surface area contributed by atoms with Crippen LogP contribution >= 0.6 is 0 Å². The summed E-state index contributed by atoms with van der Waals surface area (Å²) in [6, 6.07) is 1.32. The molecule has 1 aliphatic rings. The zero-order valence-corrected chi connectivity index (χ0v) is 12.5. The lowest BCUT2D eigenvalue weighted by molar-refractivity contribution is 0.0992. The minimum absolute atomic E-state index is 0.0165. The van der Waals surface area contributed by atoms with E-state index >= 15 is 0 Å². The second-order valence-electron chi connectivity index (χ2n) is 4.96. The van der Waals surface area contributed by atoms with E-state index < -0.39 is 15.9 Å². The molecule has 0 unspecified atom stereocenters. The molecule has 8 heteroatoms. The molecule has 1 aromatic heterocycles. The molecule has 0 bridgehead atoms. The van der Waals surface area contributed by atoms with Crippen LogP contribution in [0.2, 0.25) is 0 Å². The third kappa shape index (κ3) is 2.58. The maximum Gasteiger partial charge on any atom is 0.265 e. The van der Waals surface area contributed by atoms with Crippen LogP contribution in [0.5, 0.6) is 0 Å². The predicted molar refractivity (Wildman–Crippen MR) is 74.8 cm³/mol. The molecule has 1 fully saturated rings. The molecule has 2 rings (SSSR count). The molecule has 1 aromatic rings. The standard InChI is InChI=1S/C12H20N4O3S/c1-3-4-16(9-6-14-7-9)20(18,19)10-5-11(12(13)17)15(2)8-10/h5,8-9,14H,3-4,6-7H2,1-2H3,(H2,13,17). The highest BCUT2D eigenvalue weighted by atomic mass is 32.2. The van der Waals surface area contributed by atoms with Crippen molar-refractivity contribution < 1.29 is 13.2 Å². The van der Waals surface area contributed by atoms with Gasteiger partial charge in [-0.15, -0.1) is 0 Å². The van der Waals surface area contributed by atoms with E-state index in [1.165, 1.54) is 21.1 Å². The summed E-state index contributed by atoms with van der Waals surface area (Å²) >= 11 is 0. The first-order chi connectivity index (χ1) is 9.37. The minimum Gasteiger partial charge on any atom is -0.364 e. The van der Waals surface area contributed by atoms with Gasteiger partial charge in [-0.3, -0.25) is 4.79 Å². The van der Waals surface area contributed by atoms with Crippen molar-refractivity contribution in [1.29, 1.82) is 0 Å². The van der Waals surface area contributed by atoms with Gasteiger partial charge in [0, 0.05) is 32.9 Å². The van der Waals surface area contributed by atoms with Crippen molar-refractivity contribution in [1.82, 2.24) is 14.2 Å². The van der Waals surface area contributed by atoms with Crippen molar-refractivity contribution in [3.63, 3.8) is 0 Å². The number of carbonyl (C=O) groups is 1. The van der Waals surface area contributed by atoms with E-state index in [-0.39, 0.29) is 16.6 Å². The molecule has 7 nitrogen and oxygen atoms in total. The van der Waals surface area contributed by atoms with Crippen LogP contribution in [0.4, 0.5) is 0 Å². The number of aromatic nitrogens is 1. The monoisotopic (exact) mass is 300 g/mol. The number of nitrogens with zero attached hydrogens (tertiary/aromatic N) is 2. The first kappa shape index (κ1) is 15.0. The summed E-state index contributed by atoms with van der Waals surface area (Å²) in [6.07, 6.45) is 2.18. The molecule has 2 heterocycles. The van der Waals surface area contributed by atoms with E-state index in [9.17, 15) is 13.2 Å². The third-order valence-corrected chi connectivity index (χ3v) is 5.37. The second-order valence-corrected chi connectivity index (χ2v) is 6.85. The van der Waals surface area contributed by atoms with E-state index in [4.69, 9.17) is 5.73 Å². The number of primary amides is 1. The molecule has 20 heavy (non-hydrogen) atoms. The number of sulfonamides is 1. The Kier molecular flexibility index (Phi) is 4.17. The molecule has 0 saturated carbocycles. The highest BCUT2D eigenvalue weighted by molar-refractivity contribution is 7.89. The number of nitrogens with one attached hydrogen (secondary N) is 1. The predicted octanol–water partition coefficient (Wildman–Crippen LogP) is -0.503. The van der Waals surface area contributed by atoms with Gasteiger partial charge in [0.25, 0.3) is 5.91 Å². The van der Waals surface area contributed by atoms with E-state index in [0.29, 0.717) is 19.6 Å². The van der Waals surface area contributed by atoms with Crippen molar-refractivity contribution in [2.75, 3.05) is 19.6 Å². The smallest absolute Gasteiger partial charge is 0.265 e. The lowest BCUT2D eigenvalue weighted by atomic mass is 10.2. The van der Waals surface area contributed by atoms with Crippen LogP contribution in [0, 0.1) is 0 Å². The first-order valence-electron chi connectivity index (χ1n) is 6.56. The summed E-state index contributed by atoms with van der Waals surface area (Å²) in [5, 5.41) is 3.07. The molecule has 112 valence electrons. The van der Waals surface area contributed by atoms with Gasteiger partial charge in [0.1, 0.15) is 10.6 Å². The highest BCUT2D eigenvalue weighted by Crippen LogP contribution is 2.22. The fraction of sp³-hybridized carbons (Fsp3) is 0.583. The lowest BCUT2D eigenvalue weighted by Gasteiger charge is -2.36. The van der Waals surface area contributed by atoms with Gasteiger partial charge in [0.2, 0.25) is 10.0 Å². The van der Waals surface area contributed by atoms with Crippen molar-refractivity contribution in [3.8, 4) is 0 Å². The van der Waals surface area contributed by atoms with Gasteiger partial charge in [0.05, 0.1) is 6.04 Å². The summed E-state index contributed by atoms with van der Waals surface area (Å²) in [5.74, 6) is -0.638. The topological polar surface area (TPSA) is 97.4 Å². The second kappa shape index (κ2) is 5.55. The van der Waals surface area contributed by atoms with E-state index in [0.717, 1.165) is 6.42 Å². The van der Waals surface area contributed by atoms with Crippen LogP contribution in [-0.2, 0) is 17.1 Å². The summed E-state index contributed by atoms with van der Waals surface area (Å²) in [6.45, 7) is 3.73. The zero-order valence-electron chi connectivity index (χ0n) is 11.7. The summed E-state index contributed by atoms with van der Waals surface area (Å²) < 4.78 is 28.3. The Morgan fingerprint density at radius 3 is 2.60 bits per heavy atom. The molecule has 0 radical (unpaired) electrons. The van der Waals surface area contributed by atoms with Gasteiger partial charge in [-0.1, -0.05) is 6.92 Å². The van der Waals surface area contributed by atoms with Gasteiger partial charge >= 0.3 is 0 Å². The number of rotatable bonds is 6. The van der Waals surface area contributed by atoms with Crippen molar-refractivity contribution in [2.24, 2.45) is 12.8 Å². The number of aryl methyl sites for hydroxylation is 1. The molecular formula is C12H20N4O3S. The fourth-order valence-corrected chi connectivity index (χ4v) is 4.04. The third-order valence-electron chi connectivity index (χ3n) is 3.45. The van der Waals surface area contributed by atoms with Crippen LogP contribution in [0.1, 0.15) is 23.8 Å². The Morgan fingerprint density at radius 1 is 1.55 bits per heavy atom. The number of carbonyl (C=O) groups excluding carboxylic acids is 1. The van der Waals surface area contributed by atoms with Crippen LogP contribution in [-0.4, -0.2) is 48.9 Å². The summed E-state index contributed by atoms with van der Waals surface area (Å²) in [4.78, 5) is 11.4. The van der Waals surface area contributed by atoms with Crippen molar-refractivity contribution in [2.45, 2.75) is 24.3 Å². The largest absolute Gasteiger partial charge is 0.364 e. The molecule has 1 amide bonds.